The zero-order valence-electron chi connectivity index (χ0n) is 12.0. The number of rotatable bonds is 6. The number of nitro groups is 1. The molecule has 0 aliphatic carbocycles. The third kappa shape index (κ3) is 5.04. The van der Waals surface area contributed by atoms with Gasteiger partial charge >= 0.3 is 0 Å². The average molecular weight is 354 g/mol. The Morgan fingerprint density at radius 1 is 1.52 bits per heavy atom. The van der Waals surface area contributed by atoms with E-state index in [1.165, 1.54) is 23.6 Å². The van der Waals surface area contributed by atoms with Gasteiger partial charge in [0, 0.05) is 11.1 Å². The number of thiophene rings is 1. The number of hydrogen-bond donors (Lipinski definition) is 1. The fraction of sp³-hybridized carbons (Fsp3) is 0.143. The summed E-state index contributed by atoms with van der Waals surface area (Å²) in [6, 6.07) is 8.07. The minimum absolute atomic E-state index is 0.0343. The van der Waals surface area contributed by atoms with Crippen LogP contribution in [-0.2, 0) is 4.79 Å². The van der Waals surface area contributed by atoms with Crippen molar-refractivity contribution in [2.45, 2.75) is 6.92 Å². The van der Waals surface area contributed by atoms with E-state index in [9.17, 15) is 14.9 Å². The van der Waals surface area contributed by atoms with Crippen LogP contribution in [0, 0.1) is 17.0 Å². The molecule has 0 saturated heterocycles. The van der Waals surface area contributed by atoms with Crippen molar-refractivity contribution < 1.29 is 14.5 Å². The maximum absolute atomic E-state index is 11.6. The summed E-state index contributed by atoms with van der Waals surface area (Å²) in [6.45, 7) is 1.43. The monoisotopic (exact) mass is 353 g/mol. The SMILES string of the molecule is Cc1sc(C=NNC(=O)COc2cccc(Cl)c2)cc1[N+](=O)[O-]. The number of carbonyl (C=O) groups is 1. The molecule has 0 radical (unpaired) electrons. The predicted molar refractivity (Wildman–Crippen MR) is 88.4 cm³/mol. The van der Waals surface area contributed by atoms with Crippen LogP contribution in [0.2, 0.25) is 5.02 Å². The Labute approximate surface area is 140 Å². The molecule has 0 fully saturated rings. The smallest absolute Gasteiger partial charge is 0.283 e. The summed E-state index contributed by atoms with van der Waals surface area (Å²) >= 11 is 7.02. The summed E-state index contributed by atoms with van der Waals surface area (Å²) in [5.41, 5.74) is 2.32. The van der Waals surface area contributed by atoms with Gasteiger partial charge in [0.25, 0.3) is 11.6 Å². The average Bonchev–Trinajstić information content (AvgIpc) is 2.86. The van der Waals surface area contributed by atoms with E-state index in [1.807, 2.05) is 0 Å². The summed E-state index contributed by atoms with van der Waals surface area (Å²) in [6.07, 6.45) is 1.35. The molecule has 0 spiro atoms. The maximum Gasteiger partial charge on any atom is 0.283 e. The van der Waals surface area contributed by atoms with Gasteiger partial charge in [-0.2, -0.15) is 5.10 Å². The molecule has 2 rings (SSSR count). The van der Waals surface area contributed by atoms with E-state index >= 15 is 0 Å². The molecule has 23 heavy (non-hydrogen) atoms. The molecule has 0 unspecified atom stereocenters. The van der Waals surface area contributed by atoms with Crippen LogP contribution in [0.25, 0.3) is 0 Å². The van der Waals surface area contributed by atoms with Gasteiger partial charge in [-0.3, -0.25) is 14.9 Å². The molecule has 1 heterocycles. The number of hydrogen-bond acceptors (Lipinski definition) is 6. The number of hydrazone groups is 1. The van der Waals surface area contributed by atoms with Crippen molar-refractivity contribution in [1.82, 2.24) is 5.43 Å². The Kier molecular flexibility index (Phi) is 5.67. The minimum atomic E-state index is -0.458. The Morgan fingerprint density at radius 3 is 2.96 bits per heavy atom. The van der Waals surface area contributed by atoms with Crippen molar-refractivity contribution in [3.05, 3.63) is 55.2 Å². The fourth-order valence-electron chi connectivity index (χ4n) is 1.65. The minimum Gasteiger partial charge on any atom is -0.484 e. The molecule has 0 atom stereocenters. The second kappa shape index (κ2) is 7.70. The van der Waals surface area contributed by atoms with E-state index in [2.05, 4.69) is 10.5 Å². The normalized spacial score (nSPS) is 10.7. The van der Waals surface area contributed by atoms with Crippen LogP contribution in [0.15, 0.2) is 35.4 Å². The van der Waals surface area contributed by atoms with Gasteiger partial charge in [-0.1, -0.05) is 17.7 Å². The van der Waals surface area contributed by atoms with Crippen molar-refractivity contribution in [2.75, 3.05) is 6.61 Å². The largest absolute Gasteiger partial charge is 0.484 e. The topological polar surface area (TPSA) is 93.8 Å². The first-order valence-corrected chi connectivity index (χ1v) is 7.60. The molecule has 1 amide bonds. The number of halogens is 1. The number of benzene rings is 1. The molecule has 0 aliphatic heterocycles. The number of amides is 1. The Bertz CT molecular complexity index is 760. The highest BCUT2D eigenvalue weighted by Gasteiger charge is 2.14. The lowest BCUT2D eigenvalue weighted by molar-refractivity contribution is -0.385. The van der Waals surface area contributed by atoms with Crippen molar-refractivity contribution in [1.29, 1.82) is 0 Å². The third-order valence-corrected chi connectivity index (χ3v) is 3.86. The first-order chi connectivity index (χ1) is 11.0. The molecule has 0 bridgehead atoms. The second-order valence-electron chi connectivity index (χ2n) is 4.39. The molecular formula is C14H12ClN3O4S. The van der Waals surface area contributed by atoms with Gasteiger partial charge in [-0.05, 0) is 25.1 Å². The van der Waals surface area contributed by atoms with E-state index in [1.54, 1.807) is 31.2 Å². The van der Waals surface area contributed by atoms with Crippen molar-refractivity contribution in [3.63, 3.8) is 0 Å². The molecule has 1 aromatic carbocycles. The molecule has 120 valence electrons. The first kappa shape index (κ1) is 16.9. The number of ether oxygens (including phenoxy) is 1. The van der Waals surface area contributed by atoms with Crippen LogP contribution in [0.5, 0.6) is 5.75 Å². The molecule has 1 aromatic heterocycles. The fourth-order valence-corrected chi connectivity index (χ4v) is 2.69. The molecule has 2 aromatic rings. The number of nitrogens with one attached hydrogen (secondary N) is 1. The van der Waals surface area contributed by atoms with E-state index in [0.717, 1.165) is 0 Å². The van der Waals surface area contributed by atoms with Crippen LogP contribution in [0.1, 0.15) is 9.75 Å². The van der Waals surface area contributed by atoms with Crippen LogP contribution in [0.3, 0.4) is 0 Å². The molecule has 7 nitrogen and oxygen atoms in total. The van der Waals surface area contributed by atoms with Gasteiger partial charge in [0.2, 0.25) is 0 Å². The highest BCUT2D eigenvalue weighted by Crippen LogP contribution is 2.26. The summed E-state index contributed by atoms with van der Waals surface area (Å²) < 4.78 is 5.25. The van der Waals surface area contributed by atoms with E-state index in [4.69, 9.17) is 16.3 Å². The highest BCUT2D eigenvalue weighted by atomic mass is 35.5. The van der Waals surface area contributed by atoms with Gasteiger partial charge in [-0.15, -0.1) is 11.3 Å². The third-order valence-electron chi connectivity index (χ3n) is 2.65. The summed E-state index contributed by atoms with van der Waals surface area (Å²) in [5, 5.41) is 15.0. The molecule has 9 heteroatoms. The van der Waals surface area contributed by atoms with E-state index < -0.39 is 10.8 Å². The Balaban J connectivity index is 1.84. The van der Waals surface area contributed by atoms with Crippen LogP contribution >= 0.6 is 22.9 Å². The lowest BCUT2D eigenvalue weighted by atomic mass is 10.3. The van der Waals surface area contributed by atoms with Crippen LogP contribution < -0.4 is 10.2 Å². The molecule has 1 N–H and O–H groups in total. The highest BCUT2D eigenvalue weighted by molar-refractivity contribution is 7.14. The first-order valence-electron chi connectivity index (χ1n) is 6.41. The van der Waals surface area contributed by atoms with Crippen molar-refractivity contribution in [2.24, 2.45) is 5.10 Å². The summed E-state index contributed by atoms with van der Waals surface area (Å²) in [4.78, 5) is 23.0. The molecule has 0 aliphatic rings. The Hall–Kier alpha value is -2.45. The lowest BCUT2D eigenvalue weighted by Gasteiger charge is -2.04. The summed E-state index contributed by atoms with van der Waals surface area (Å²) in [5.74, 6) is 0.0186. The van der Waals surface area contributed by atoms with Gasteiger partial charge < -0.3 is 4.74 Å². The van der Waals surface area contributed by atoms with Gasteiger partial charge in [0.15, 0.2) is 6.61 Å². The zero-order chi connectivity index (χ0) is 16.8. The van der Waals surface area contributed by atoms with E-state index in [0.29, 0.717) is 20.5 Å². The standard InChI is InChI=1S/C14H12ClN3O4S/c1-9-13(18(20)21)6-12(23-9)7-16-17-14(19)8-22-11-4-2-3-10(15)5-11/h2-7H,8H2,1H3,(H,17,19). The predicted octanol–water partition coefficient (Wildman–Crippen LogP) is 3.15. The van der Waals surface area contributed by atoms with E-state index in [-0.39, 0.29) is 12.3 Å². The zero-order valence-corrected chi connectivity index (χ0v) is 13.6. The quantitative estimate of drug-likeness (QED) is 0.490. The number of aryl methyl sites for hydroxylation is 1. The maximum atomic E-state index is 11.6. The van der Waals surface area contributed by atoms with Crippen LogP contribution in [-0.4, -0.2) is 23.7 Å². The van der Waals surface area contributed by atoms with Gasteiger partial charge in [0.05, 0.1) is 20.9 Å². The molecule has 0 saturated carbocycles. The van der Waals surface area contributed by atoms with Gasteiger partial charge in [-0.25, -0.2) is 5.43 Å². The second-order valence-corrected chi connectivity index (χ2v) is 6.11. The van der Waals surface area contributed by atoms with Crippen LogP contribution in [0.4, 0.5) is 5.69 Å². The summed E-state index contributed by atoms with van der Waals surface area (Å²) in [7, 11) is 0. The van der Waals surface area contributed by atoms with Gasteiger partial charge in [0.1, 0.15) is 5.75 Å². The number of nitrogens with zero attached hydrogens (tertiary/aromatic N) is 2. The number of carbonyl (C=O) groups excluding carboxylic acids is 1. The van der Waals surface area contributed by atoms with Crippen molar-refractivity contribution in [3.8, 4) is 5.75 Å². The van der Waals surface area contributed by atoms with Crippen molar-refractivity contribution >= 4 is 40.7 Å². The Morgan fingerprint density at radius 2 is 2.30 bits per heavy atom. The lowest BCUT2D eigenvalue weighted by Crippen LogP contribution is -2.24. The molecular weight excluding hydrogens is 342 g/mol.